The fourth-order valence-corrected chi connectivity index (χ4v) is 2.74. The Balaban J connectivity index is 1.91. The summed E-state index contributed by atoms with van der Waals surface area (Å²) in [6.45, 7) is 0. The van der Waals surface area contributed by atoms with Crippen molar-refractivity contribution in [2.75, 3.05) is 0 Å². The highest BCUT2D eigenvalue weighted by atomic mass is 16.2. The van der Waals surface area contributed by atoms with Crippen molar-refractivity contribution in [3.63, 3.8) is 0 Å². The molecule has 1 N–H and O–H groups in total. The molecule has 0 aliphatic rings. The zero-order valence-corrected chi connectivity index (χ0v) is 14.9. The van der Waals surface area contributed by atoms with E-state index in [1.807, 2.05) is 0 Å². The second kappa shape index (κ2) is 8.68. The predicted molar refractivity (Wildman–Crippen MR) is 104 cm³/mol. The number of imide groups is 1. The number of amides is 2. The van der Waals surface area contributed by atoms with Crippen LogP contribution in [0.3, 0.4) is 0 Å². The number of rotatable bonds is 6. The van der Waals surface area contributed by atoms with Gasteiger partial charge in [0, 0.05) is 16.7 Å². The van der Waals surface area contributed by atoms with E-state index in [0.29, 0.717) is 0 Å². The Morgan fingerprint density at radius 2 is 0.893 bits per heavy atom. The van der Waals surface area contributed by atoms with Gasteiger partial charge in [-0.25, -0.2) is 0 Å². The lowest BCUT2D eigenvalue weighted by Crippen LogP contribution is -2.43. The molecule has 0 saturated heterocycles. The molecule has 3 aromatic carbocycles. The number of Topliss-reactive ketones (excluding diaryl/α,β-unsaturated/α-hetero) is 2. The van der Waals surface area contributed by atoms with Crippen LogP contribution in [-0.4, -0.2) is 23.4 Å². The minimum Gasteiger partial charge on any atom is -0.293 e. The summed E-state index contributed by atoms with van der Waals surface area (Å²) in [7, 11) is 0. The summed E-state index contributed by atoms with van der Waals surface area (Å²) in [6, 6.07) is 24.3. The van der Waals surface area contributed by atoms with E-state index in [1.54, 1.807) is 54.6 Å². The highest BCUT2D eigenvalue weighted by Crippen LogP contribution is 2.16. The number of carbonyl (C=O) groups is 4. The maximum Gasteiger partial charge on any atom is 0.257 e. The van der Waals surface area contributed by atoms with Crippen molar-refractivity contribution >= 4 is 23.4 Å². The van der Waals surface area contributed by atoms with Gasteiger partial charge in [-0.2, -0.15) is 0 Å². The molecule has 28 heavy (non-hydrogen) atoms. The monoisotopic (exact) mass is 371 g/mol. The largest absolute Gasteiger partial charge is 0.293 e. The average Bonchev–Trinajstić information content (AvgIpc) is 2.75. The van der Waals surface area contributed by atoms with E-state index in [-0.39, 0.29) is 16.7 Å². The van der Waals surface area contributed by atoms with Crippen LogP contribution in [-0.2, 0) is 4.79 Å². The number of benzene rings is 3. The number of carbonyl (C=O) groups excluding carboxylic acids is 4. The number of hydrogen-bond acceptors (Lipinski definition) is 4. The van der Waals surface area contributed by atoms with Crippen LogP contribution >= 0.6 is 0 Å². The predicted octanol–water partition coefficient (Wildman–Crippen LogP) is 3.33. The maximum absolute atomic E-state index is 12.9. The Hall–Kier alpha value is -3.86. The fourth-order valence-electron chi connectivity index (χ4n) is 2.74. The molecule has 0 aliphatic carbocycles. The van der Waals surface area contributed by atoms with E-state index in [1.165, 1.54) is 36.4 Å². The van der Waals surface area contributed by atoms with Crippen LogP contribution in [0.2, 0.25) is 0 Å². The molecular formula is C23H17NO4. The highest BCUT2D eigenvalue weighted by Gasteiger charge is 2.36. The van der Waals surface area contributed by atoms with Gasteiger partial charge < -0.3 is 0 Å². The Morgan fingerprint density at radius 3 is 1.29 bits per heavy atom. The number of nitrogens with one attached hydrogen (secondary N) is 1. The van der Waals surface area contributed by atoms with Gasteiger partial charge in [0.1, 0.15) is 0 Å². The van der Waals surface area contributed by atoms with Gasteiger partial charge >= 0.3 is 0 Å². The molecule has 0 unspecified atom stereocenters. The Kier molecular flexibility index (Phi) is 5.87. The minimum absolute atomic E-state index is 0.221. The third-order valence-corrected chi connectivity index (χ3v) is 4.18. The molecule has 5 nitrogen and oxygen atoms in total. The summed E-state index contributed by atoms with van der Waals surface area (Å²) in [5, 5.41) is 2.18. The zero-order valence-electron chi connectivity index (χ0n) is 14.9. The van der Waals surface area contributed by atoms with E-state index < -0.39 is 29.3 Å². The Bertz CT molecular complexity index is 947. The van der Waals surface area contributed by atoms with Crippen LogP contribution in [0.1, 0.15) is 31.1 Å². The molecule has 0 saturated carbocycles. The zero-order chi connectivity index (χ0) is 19.9. The van der Waals surface area contributed by atoms with E-state index >= 15 is 0 Å². The topological polar surface area (TPSA) is 80.3 Å². The quantitative estimate of drug-likeness (QED) is 0.532. The summed E-state index contributed by atoms with van der Waals surface area (Å²) in [5.74, 6) is -4.59. The van der Waals surface area contributed by atoms with Gasteiger partial charge in [-0.3, -0.25) is 24.5 Å². The first-order valence-corrected chi connectivity index (χ1v) is 8.66. The molecule has 3 rings (SSSR count). The molecular weight excluding hydrogens is 354 g/mol. The molecule has 0 atom stereocenters. The van der Waals surface area contributed by atoms with E-state index in [9.17, 15) is 19.2 Å². The Morgan fingerprint density at radius 1 is 0.536 bits per heavy atom. The first-order valence-electron chi connectivity index (χ1n) is 8.66. The summed E-state index contributed by atoms with van der Waals surface area (Å²) in [5.41, 5.74) is 0.701. The molecule has 0 heterocycles. The Labute approximate surface area is 162 Å². The van der Waals surface area contributed by atoms with Crippen molar-refractivity contribution in [2.45, 2.75) is 0 Å². The first kappa shape index (κ1) is 18.9. The van der Waals surface area contributed by atoms with Crippen LogP contribution in [0.5, 0.6) is 0 Å². The number of ketones is 2. The van der Waals surface area contributed by atoms with Crippen LogP contribution < -0.4 is 5.32 Å². The van der Waals surface area contributed by atoms with Crippen molar-refractivity contribution in [3.05, 3.63) is 108 Å². The second-order valence-electron chi connectivity index (χ2n) is 6.08. The third kappa shape index (κ3) is 4.27. The lowest BCUT2D eigenvalue weighted by atomic mass is 9.89. The first-order chi connectivity index (χ1) is 13.6. The average molecular weight is 371 g/mol. The smallest absolute Gasteiger partial charge is 0.257 e. The summed E-state index contributed by atoms with van der Waals surface area (Å²) < 4.78 is 0. The van der Waals surface area contributed by atoms with Crippen molar-refractivity contribution in [2.24, 2.45) is 5.92 Å². The number of hydrogen-bond donors (Lipinski definition) is 1. The standard InChI is InChI=1S/C23H17NO4/c25-20(16-10-4-1-5-11-16)19(21(26)17-12-6-2-7-13-17)23(28)24-22(27)18-14-8-3-9-15-18/h1-15,19H,(H,24,27,28). The van der Waals surface area contributed by atoms with Gasteiger partial charge in [-0.05, 0) is 12.1 Å². The van der Waals surface area contributed by atoms with Crippen molar-refractivity contribution in [1.29, 1.82) is 0 Å². The molecule has 0 aliphatic heterocycles. The van der Waals surface area contributed by atoms with E-state index in [4.69, 9.17) is 0 Å². The molecule has 2 amide bonds. The summed E-state index contributed by atoms with van der Waals surface area (Å²) in [4.78, 5) is 51.0. The van der Waals surface area contributed by atoms with E-state index in [0.717, 1.165) is 0 Å². The van der Waals surface area contributed by atoms with Crippen molar-refractivity contribution in [3.8, 4) is 0 Å². The maximum atomic E-state index is 12.9. The van der Waals surface area contributed by atoms with Gasteiger partial charge in [0.15, 0.2) is 17.5 Å². The van der Waals surface area contributed by atoms with Gasteiger partial charge in [-0.15, -0.1) is 0 Å². The molecule has 0 spiro atoms. The normalized spacial score (nSPS) is 10.3. The lowest BCUT2D eigenvalue weighted by molar-refractivity contribution is -0.121. The molecule has 138 valence electrons. The lowest BCUT2D eigenvalue weighted by Gasteiger charge is -2.15. The van der Waals surface area contributed by atoms with Crippen molar-refractivity contribution < 1.29 is 19.2 Å². The molecule has 0 aromatic heterocycles. The SMILES string of the molecule is O=C(NC(=O)C(C(=O)c1ccccc1)C(=O)c1ccccc1)c1ccccc1. The second-order valence-corrected chi connectivity index (χ2v) is 6.08. The minimum atomic E-state index is -1.66. The van der Waals surface area contributed by atoms with Gasteiger partial charge in [0.25, 0.3) is 5.91 Å². The van der Waals surface area contributed by atoms with E-state index in [2.05, 4.69) is 5.32 Å². The van der Waals surface area contributed by atoms with Gasteiger partial charge in [-0.1, -0.05) is 78.9 Å². The molecule has 0 bridgehead atoms. The van der Waals surface area contributed by atoms with Crippen LogP contribution in [0.25, 0.3) is 0 Å². The fraction of sp³-hybridized carbons (Fsp3) is 0.0435. The van der Waals surface area contributed by atoms with Gasteiger partial charge in [0.2, 0.25) is 5.91 Å². The molecule has 3 aromatic rings. The third-order valence-electron chi connectivity index (χ3n) is 4.18. The molecule has 5 heteroatoms. The summed E-state index contributed by atoms with van der Waals surface area (Å²) >= 11 is 0. The summed E-state index contributed by atoms with van der Waals surface area (Å²) in [6.07, 6.45) is 0. The van der Waals surface area contributed by atoms with Crippen LogP contribution in [0.4, 0.5) is 0 Å². The van der Waals surface area contributed by atoms with Crippen LogP contribution in [0, 0.1) is 5.92 Å². The van der Waals surface area contributed by atoms with Crippen LogP contribution in [0.15, 0.2) is 91.0 Å². The molecule has 0 radical (unpaired) electrons. The van der Waals surface area contributed by atoms with Crippen molar-refractivity contribution in [1.82, 2.24) is 5.32 Å². The molecule has 0 fully saturated rings. The highest BCUT2D eigenvalue weighted by molar-refractivity contribution is 6.29. The van der Waals surface area contributed by atoms with Gasteiger partial charge in [0.05, 0.1) is 0 Å².